The van der Waals surface area contributed by atoms with Crippen molar-refractivity contribution in [3.8, 4) is 0 Å². The van der Waals surface area contributed by atoms with Gasteiger partial charge in [0.05, 0.1) is 16.8 Å². The Balaban J connectivity index is 1.71. The molecule has 0 unspecified atom stereocenters. The molecule has 0 aliphatic carbocycles. The van der Waals surface area contributed by atoms with Crippen LogP contribution in [-0.2, 0) is 6.54 Å². The van der Waals surface area contributed by atoms with Crippen LogP contribution >= 0.6 is 11.3 Å². The third-order valence-electron chi connectivity index (χ3n) is 4.67. The fourth-order valence-corrected chi connectivity index (χ4v) is 3.99. The van der Waals surface area contributed by atoms with E-state index in [1.807, 2.05) is 35.2 Å². The molecule has 1 aliphatic rings. The van der Waals surface area contributed by atoms with Crippen molar-refractivity contribution in [2.45, 2.75) is 25.8 Å². The van der Waals surface area contributed by atoms with Crippen LogP contribution in [0.4, 0.5) is 5.69 Å². The number of pyridine rings is 1. The lowest BCUT2D eigenvalue weighted by Gasteiger charge is -2.27. The number of amides is 1. The van der Waals surface area contributed by atoms with E-state index in [1.165, 1.54) is 11.3 Å². The zero-order valence-electron chi connectivity index (χ0n) is 14.1. The summed E-state index contributed by atoms with van der Waals surface area (Å²) in [4.78, 5) is 20.8. The number of para-hydroxylation sites is 1. The molecule has 1 aliphatic heterocycles. The molecule has 3 aromatic rings. The van der Waals surface area contributed by atoms with Gasteiger partial charge < -0.3 is 10.2 Å². The van der Waals surface area contributed by atoms with Crippen LogP contribution in [0, 0.1) is 0 Å². The van der Waals surface area contributed by atoms with Gasteiger partial charge in [-0.2, -0.15) is 0 Å². The number of thiophene rings is 1. The number of piperidine rings is 1. The highest BCUT2D eigenvalue weighted by atomic mass is 32.1. The zero-order valence-corrected chi connectivity index (χ0v) is 14.9. The fraction of sp³-hybridized carbons (Fsp3) is 0.300. The van der Waals surface area contributed by atoms with E-state index < -0.39 is 0 Å². The number of nitrogens with one attached hydrogen (secondary N) is 1. The van der Waals surface area contributed by atoms with Crippen LogP contribution in [0.1, 0.15) is 34.5 Å². The van der Waals surface area contributed by atoms with Gasteiger partial charge in [-0.15, -0.1) is 11.3 Å². The molecule has 25 heavy (non-hydrogen) atoms. The predicted octanol–water partition coefficient (Wildman–Crippen LogP) is 4.53. The van der Waals surface area contributed by atoms with E-state index in [9.17, 15) is 4.79 Å². The normalized spacial score (nSPS) is 14.6. The van der Waals surface area contributed by atoms with E-state index in [-0.39, 0.29) is 5.91 Å². The molecular weight excluding hydrogens is 330 g/mol. The first-order valence-corrected chi connectivity index (χ1v) is 9.64. The number of likely N-dealkylation sites (tertiary alicyclic amines) is 1. The van der Waals surface area contributed by atoms with Crippen molar-refractivity contribution in [1.29, 1.82) is 0 Å². The lowest BCUT2D eigenvalue weighted by Crippen LogP contribution is -2.36. The molecule has 0 saturated carbocycles. The minimum Gasteiger partial charge on any atom is -0.379 e. The maximum Gasteiger partial charge on any atom is 0.257 e. The quantitative estimate of drug-likeness (QED) is 0.751. The second-order valence-corrected chi connectivity index (χ2v) is 7.38. The summed E-state index contributed by atoms with van der Waals surface area (Å²) in [5.41, 5.74) is 2.48. The highest BCUT2D eigenvalue weighted by Crippen LogP contribution is 2.28. The molecule has 5 heteroatoms. The first kappa shape index (κ1) is 16.1. The molecule has 2 aromatic heterocycles. The summed E-state index contributed by atoms with van der Waals surface area (Å²) < 4.78 is 0. The van der Waals surface area contributed by atoms with Crippen LogP contribution < -0.4 is 5.32 Å². The summed E-state index contributed by atoms with van der Waals surface area (Å²) in [5, 5.41) is 6.57. The van der Waals surface area contributed by atoms with Crippen molar-refractivity contribution < 1.29 is 4.79 Å². The summed E-state index contributed by atoms with van der Waals surface area (Å²) in [6.45, 7) is 2.40. The number of anilines is 1. The lowest BCUT2D eigenvalue weighted by atomic mass is 10.1. The minimum atomic E-state index is 0.0895. The Morgan fingerprint density at radius 2 is 1.96 bits per heavy atom. The van der Waals surface area contributed by atoms with Gasteiger partial charge in [0.25, 0.3) is 5.91 Å². The predicted molar refractivity (Wildman–Crippen MR) is 103 cm³/mol. The number of hydrogen-bond donors (Lipinski definition) is 1. The zero-order chi connectivity index (χ0) is 17.1. The van der Waals surface area contributed by atoms with Crippen LogP contribution in [0.15, 0.2) is 48.0 Å². The van der Waals surface area contributed by atoms with Crippen molar-refractivity contribution in [3.05, 3.63) is 58.4 Å². The second kappa shape index (κ2) is 7.23. The number of benzene rings is 1. The maximum atomic E-state index is 13.1. The molecule has 128 valence electrons. The van der Waals surface area contributed by atoms with Crippen molar-refractivity contribution in [2.24, 2.45) is 0 Å². The summed E-state index contributed by atoms with van der Waals surface area (Å²) in [5.74, 6) is 0.0895. The van der Waals surface area contributed by atoms with E-state index in [0.29, 0.717) is 12.1 Å². The van der Waals surface area contributed by atoms with Crippen molar-refractivity contribution >= 4 is 33.8 Å². The third kappa shape index (κ3) is 3.37. The minimum absolute atomic E-state index is 0.0895. The summed E-state index contributed by atoms with van der Waals surface area (Å²) >= 11 is 1.72. The SMILES string of the molecule is O=C(c1cnc2ccccc2c1NCc1cccs1)N1CCCCC1. The molecule has 4 nitrogen and oxygen atoms in total. The molecule has 3 heterocycles. The standard InChI is InChI=1S/C20H21N3OS/c24-20(23-10-4-1-5-11-23)17-14-21-18-9-3-2-8-16(18)19(17)22-13-15-7-6-12-25-15/h2-3,6-9,12,14H,1,4-5,10-11,13H2,(H,21,22). The molecule has 1 fully saturated rings. The number of carbonyl (C=O) groups is 1. The van der Waals surface area contributed by atoms with Gasteiger partial charge in [0.2, 0.25) is 0 Å². The first-order chi connectivity index (χ1) is 12.3. The fourth-order valence-electron chi connectivity index (χ4n) is 3.35. The van der Waals surface area contributed by atoms with Gasteiger partial charge >= 0.3 is 0 Å². The molecule has 0 atom stereocenters. The maximum absolute atomic E-state index is 13.1. The van der Waals surface area contributed by atoms with Crippen LogP contribution in [0.2, 0.25) is 0 Å². The van der Waals surface area contributed by atoms with Gasteiger partial charge in [-0.1, -0.05) is 24.3 Å². The van der Waals surface area contributed by atoms with Crippen molar-refractivity contribution in [3.63, 3.8) is 0 Å². The van der Waals surface area contributed by atoms with Crippen LogP contribution in [0.3, 0.4) is 0 Å². The third-order valence-corrected chi connectivity index (χ3v) is 5.55. The van der Waals surface area contributed by atoms with Gasteiger partial charge in [-0.05, 0) is 36.8 Å². The second-order valence-electron chi connectivity index (χ2n) is 6.35. The van der Waals surface area contributed by atoms with E-state index in [0.717, 1.165) is 42.5 Å². The average Bonchev–Trinajstić information content (AvgIpc) is 3.19. The molecule has 1 aromatic carbocycles. The highest BCUT2D eigenvalue weighted by Gasteiger charge is 2.22. The topological polar surface area (TPSA) is 45.2 Å². The number of rotatable bonds is 4. The van der Waals surface area contributed by atoms with Crippen molar-refractivity contribution in [2.75, 3.05) is 18.4 Å². The van der Waals surface area contributed by atoms with Gasteiger partial charge in [-0.3, -0.25) is 9.78 Å². The Hall–Kier alpha value is -2.40. The van der Waals surface area contributed by atoms with E-state index >= 15 is 0 Å². The van der Waals surface area contributed by atoms with Crippen LogP contribution in [-0.4, -0.2) is 28.9 Å². The lowest BCUT2D eigenvalue weighted by molar-refractivity contribution is 0.0725. The van der Waals surface area contributed by atoms with E-state index in [1.54, 1.807) is 17.5 Å². The Kier molecular flexibility index (Phi) is 4.65. The molecule has 1 N–H and O–H groups in total. The summed E-state index contributed by atoms with van der Waals surface area (Å²) in [7, 11) is 0. The Labute approximate surface area is 151 Å². The number of aromatic nitrogens is 1. The van der Waals surface area contributed by atoms with Gasteiger partial charge in [0, 0.05) is 36.1 Å². The highest BCUT2D eigenvalue weighted by molar-refractivity contribution is 7.09. The molecule has 1 saturated heterocycles. The number of fused-ring (bicyclic) bond motifs is 1. The number of hydrogen-bond acceptors (Lipinski definition) is 4. The average molecular weight is 351 g/mol. The Morgan fingerprint density at radius 3 is 2.76 bits per heavy atom. The first-order valence-electron chi connectivity index (χ1n) is 8.76. The Bertz CT molecular complexity index is 870. The van der Waals surface area contributed by atoms with Crippen molar-refractivity contribution in [1.82, 2.24) is 9.88 Å². The molecule has 0 spiro atoms. The Morgan fingerprint density at radius 1 is 1.12 bits per heavy atom. The molecule has 4 rings (SSSR count). The van der Waals surface area contributed by atoms with Gasteiger partial charge in [0.15, 0.2) is 0 Å². The molecule has 1 amide bonds. The van der Waals surface area contributed by atoms with E-state index in [4.69, 9.17) is 0 Å². The smallest absolute Gasteiger partial charge is 0.257 e. The molecular formula is C20H21N3OS. The van der Waals surface area contributed by atoms with Gasteiger partial charge in [0.1, 0.15) is 0 Å². The largest absolute Gasteiger partial charge is 0.379 e. The summed E-state index contributed by atoms with van der Waals surface area (Å²) in [6.07, 6.45) is 5.12. The van der Waals surface area contributed by atoms with Gasteiger partial charge in [-0.25, -0.2) is 0 Å². The molecule has 0 radical (unpaired) electrons. The summed E-state index contributed by atoms with van der Waals surface area (Å²) in [6, 6.07) is 12.1. The monoisotopic (exact) mass is 351 g/mol. The van der Waals surface area contributed by atoms with Crippen LogP contribution in [0.5, 0.6) is 0 Å². The van der Waals surface area contributed by atoms with E-state index in [2.05, 4.69) is 21.7 Å². The number of carbonyl (C=O) groups excluding carboxylic acids is 1. The van der Waals surface area contributed by atoms with Crippen LogP contribution in [0.25, 0.3) is 10.9 Å². The molecule has 0 bridgehead atoms. The number of nitrogens with zero attached hydrogens (tertiary/aromatic N) is 2.